The summed E-state index contributed by atoms with van der Waals surface area (Å²) in [4.78, 5) is 24.7. The molecule has 2 heterocycles. The second-order valence-corrected chi connectivity index (χ2v) is 3.52. The van der Waals surface area contributed by atoms with E-state index in [1.54, 1.807) is 13.8 Å². The van der Waals surface area contributed by atoms with Crippen molar-refractivity contribution < 1.29 is 13.9 Å². The van der Waals surface area contributed by atoms with Gasteiger partial charge in [-0.15, -0.1) is 0 Å². The zero-order valence-electron chi connectivity index (χ0n) is 9.19. The maximum absolute atomic E-state index is 13.0. The van der Waals surface area contributed by atoms with Crippen molar-refractivity contribution in [2.75, 3.05) is 5.32 Å². The van der Waals surface area contributed by atoms with E-state index in [0.717, 1.165) is 0 Å². The molecule has 0 aromatic carbocycles. The van der Waals surface area contributed by atoms with Crippen LogP contribution in [0, 0.1) is 6.08 Å². The lowest BCUT2D eigenvalue weighted by atomic mass is 10.5. The van der Waals surface area contributed by atoms with Gasteiger partial charge < -0.3 is 9.72 Å². The van der Waals surface area contributed by atoms with Crippen LogP contribution in [0.3, 0.4) is 0 Å². The number of aromatic amines is 1. The third-order valence-corrected chi connectivity index (χ3v) is 1.82. The van der Waals surface area contributed by atoms with Gasteiger partial charge in [-0.05, 0) is 13.8 Å². The van der Waals surface area contributed by atoms with E-state index < -0.39 is 12.2 Å². The van der Waals surface area contributed by atoms with Gasteiger partial charge in [-0.2, -0.15) is 14.4 Å². The van der Waals surface area contributed by atoms with Crippen molar-refractivity contribution in [2.45, 2.75) is 20.0 Å². The van der Waals surface area contributed by atoms with Crippen LogP contribution >= 0.6 is 0 Å². The molecule has 0 saturated carbocycles. The summed E-state index contributed by atoms with van der Waals surface area (Å²) >= 11 is 0. The van der Waals surface area contributed by atoms with E-state index >= 15 is 0 Å². The summed E-state index contributed by atoms with van der Waals surface area (Å²) in [6, 6.07) is 0. The summed E-state index contributed by atoms with van der Waals surface area (Å²) in [5.74, 6) is -0.00403. The monoisotopic (exact) mass is 239 g/mol. The number of rotatable bonds is 2. The molecular weight excluding hydrogens is 229 g/mol. The summed E-state index contributed by atoms with van der Waals surface area (Å²) < 4.78 is 17.9. The summed E-state index contributed by atoms with van der Waals surface area (Å²) in [5.41, 5.74) is 0.476. The lowest BCUT2D eigenvalue weighted by Gasteiger charge is -2.08. The molecule has 0 radical (unpaired) electrons. The van der Waals surface area contributed by atoms with E-state index in [-0.39, 0.29) is 17.6 Å². The van der Waals surface area contributed by atoms with Crippen LogP contribution in [0.2, 0.25) is 0 Å². The standard InChI is InChI=1S/C9H10FN5O2/c1-4(2)17-9(16)15-7-5-6(12-3-11-5)13-8(10)14-7/h3-4H,1-2H3,(H2,11,12,13,14,15,16). The molecule has 2 aromatic rings. The molecule has 0 aliphatic rings. The molecule has 17 heavy (non-hydrogen) atoms. The van der Waals surface area contributed by atoms with Gasteiger partial charge in [-0.3, -0.25) is 5.32 Å². The van der Waals surface area contributed by atoms with E-state index in [1.807, 2.05) is 0 Å². The molecule has 1 amide bonds. The number of imidazole rings is 1. The van der Waals surface area contributed by atoms with Gasteiger partial charge in [0.15, 0.2) is 11.5 Å². The molecule has 2 aromatic heterocycles. The van der Waals surface area contributed by atoms with E-state index in [2.05, 4.69) is 25.3 Å². The molecule has 0 spiro atoms. The Labute approximate surface area is 95.4 Å². The number of halogens is 1. The number of aromatic nitrogens is 4. The first kappa shape index (κ1) is 11.2. The van der Waals surface area contributed by atoms with Gasteiger partial charge in [0.25, 0.3) is 0 Å². The van der Waals surface area contributed by atoms with Crippen molar-refractivity contribution in [1.29, 1.82) is 0 Å². The fourth-order valence-corrected chi connectivity index (χ4v) is 1.24. The SMILES string of the molecule is CC(C)OC(=O)Nc1nc(F)nc2nc[nH]c12. The van der Waals surface area contributed by atoms with E-state index in [1.165, 1.54) is 6.33 Å². The number of H-pyrrole nitrogens is 1. The van der Waals surface area contributed by atoms with Crippen molar-refractivity contribution >= 4 is 23.1 Å². The minimum absolute atomic E-state index is 0.00403. The Balaban J connectivity index is 2.28. The number of hydrogen-bond donors (Lipinski definition) is 2. The Bertz CT molecular complexity index is 553. The maximum Gasteiger partial charge on any atom is 0.413 e. The van der Waals surface area contributed by atoms with Crippen molar-refractivity contribution in [1.82, 2.24) is 19.9 Å². The van der Waals surface area contributed by atoms with Gasteiger partial charge in [0.05, 0.1) is 12.4 Å². The highest BCUT2D eigenvalue weighted by atomic mass is 19.1. The summed E-state index contributed by atoms with van der Waals surface area (Å²) in [7, 11) is 0. The third kappa shape index (κ3) is 2.47. The van der Waals surface area contributed by atoms with Gasteiger partial charge >= 0.3 is 12.2 Å². The second-order valence-electron chi connectivity index (χ2n) is 3.52. The van der Waals surface area contributed by atoms with Crippen molar-refractivity contribution in [3.63, 3.8) is 0 Å². The summed E-state index contributed by atoms with van der Waals surface area (Å²) in [5, 5.41) is 2.32. The molecular formula is C9H10FN5O2. The molecule has 0 fully saturated rings. The number of nitrogens with zero attached hydrogens (tertiary/aromatic N) is 3. The molecule has 2 rings (SSSR count). The Morgan fingerprint density at radius 3 is 3.00 bits per heavy atom. The fraction of sp³-hybridized carbons (Fsp3) is 0.333. The Morgan fingerprint density at radius 1 is 1.53 bits per heavy atom. The number of anilines is 1. The first-order valence-electron chi connectivity index (χ1n) is 4.90. The Hall–Kier alpha value is -2.25. The van der Waals surface area contributed by atoms with Crippen LogP contribution in [-0.4, -0.2) is 32.1 Å². The molecule has 2 N–H and O–H groups in total. The smallest absolute Gasteiger partial charge is 0.413 e. The number of hydrogen-bond acceptors (Lipinski definition) is 5. The van der Waals surface area contributed by atoms with Crippen LogP contribution in [0.1, 0.15) is 13.8 Å². The highest BCUT2D eigenvalue weighted by Gasteiger charge is 2.13. The number of nitrogens with one attached hydrogen (secondary N) is 2. The Morgan fingerprint density at radius 2 is 2.29 bits per heavy atom. The number of amides is 1. The predicted molar refractivity (Wildman–Crippen MR) is 56.9 cm³/mol. The van der Waals surface area contributed by atoms with Crippen LogP contribution in [0.5, 0.6) is 0 Å². The van der Waals surface area contributed by atoms with E-state index in [4.69, 9.17) is 4.74 Å². The van der Waals surface area contributed by atoms with Gasteiger partial charge in [0.2, 0.25) is 0 Å². The van der Waals surface area contributed by atoms with Crippen LogP contribution in [0.15, 0.2) is 6.33 Å². The van der Waals surface area contributed by atoms with Crippen LogP contribution in [0.4, 0.5) is 15.0 Å². The van der Waals surface area contributed by atoms with Crippen LogP contribution in [0.25, 0.3) is 11.2 Å². The van der Waals surface area contributed by atoms with Crippen molar-refractivity contribution in [3.8, 4) is 0 Å². The van der Waals surface area contributed by atoms with Gasteiger partial charge in [0.1, 0.15) is 5.52 Å². The molecule has 90 valence electrons. The average molecular weight is 239 g/mol. The van der Waals surface area contributed by atoms with Gasteiger partial charge in [-0.1, -0.05) is 0 Å². The first-order valence-corrected chi connectivity index (χ1v) is 4.90. The lowest BCUT2D eigenvalue weighted by Crippen LogP contribution is -2.19. The molecule has 8 heteroatoms. The Kier molecular flexibility index (Phi) is 2.86. The largest absolute Gasteiger partial charge is 0.447 e. The highest BCUT2D eigenvalue weighted by molar-refractivity contribution is 5.93. The normalized spacial score (nSPS) is 10.8. The molecule has 0 saturated heterocycles. The van der Waals surface area contributed by atoms with E-state index in [0.29, 0.717) is 5.52 Å². The van der Waals surface area contributed by atoms with Gasteiger partial charge in [-0.25, -0.2) is 9.78 Å². The maximum atomic E-state index is 13.0. The average Bonchev–Trinajstić information content (AvgIpc) is 2.63. The highest BCUT2D eigenvalue weighted by Crippen LogP contribution is 2.16. The minimum atomic E-state index is -0.968. The molecule has 0 bridgehead atoms. The number of carbonyl (C=O) groups is 1. The molecule has 0 unspecified atom stereocenters. The van der Waals surface area contributed by atoms with Crippen molar-refractivity contribution in [3.05, 3.63) is 12.4 Å². The zero-order valence-corrected chi connectivity index (χ0v) is 9.19. The molecule has 0 atom stereocenters. The molecule has 0 aliphatic carbocycles. The summed E-state index contributed by atoms with van der Waals surface area (Å²) in [6.45, 7) is 3.40. The first-order chi connectivity index (χ1) is 8.06. The minimum Gasteiger partial charge on any atom is -0.447 e. The van der Waals surface area contributed by atoms with Crippen LogP contribution in [-0.2, 0) is 4.74 Å². The van der Waals surface area contributed by atoms with Gasteiger partial charge in [0, 0.05) is 0 Å². The predicted octanol–water partition coefficient (Wildman–Crippen LogP) is 1.45. The number of fused-ring (bicyclic) bond motifs is 1. The zero-order chi connectivity index (χ0) is 12.4. The number of carbonyl (C=O) groups excluding carboxylic acids is 1. The quantitative estimate of drug-likeness (QED) is 0.773. The lowest BCUT2D eigenvalue weighted by molar-refractivity contribution is 0.130. The van der Waals surface area contributed by atoms with E-state index in [9.17, 15) is 9.18 Å². The third-order valence-electron chi connectivity index (χ3n) is 1.82. The molecule has 7 nitrogen and oxygen atoms in total. The topological polar surface area (TPSA) is 92.8 Å². The number of ether oxygens (including phenoxy) is 1. The fourth-order valence-electron chi connectivity index (χ4n) is 1.24. The van der Waals surface area contributed by atoms with Crippen LogP contribution < -0.4 is 5.32 Å². The van der Waals surface area contributed by atoms with Crippen molar-refractivity contribution in [2.24, 2.45) is 0 Å². The molecule has 0 aliphatic heterocycles. The second kappa shape index (κ2) is 4.32. The summed E-state index contributed by atoms with van der Waals surface area (Å²) in [6.07, 6.45) is -0.630.